The van der Waals surface area contributed by atoms with Gasteiger partial charge >= 0.3 is 0 Å². The molecule has 5 nitrogen and oxygen atoms in total. The number of oxime groups is 1. The van der Waals surface area contributed by atoms with E-state index in [-0.39, 0.29) is 5.84 Å². The Kier molecular flexibility index (Phi) is 2.37. The molecule has 0 aliphatic carbocycles. The van der Waals surface area contributed by atoms with E-state index in [2.05, 4.69) is 14.7 Å². The standard InChI is InChI=1S/C8H12N4OS/c1-5-6(4-7(9)11-13)12-2-3-14-8(12)10-5/h13H,2-4H2,1H3,(H2,9,11). The summed E-state index contributed by atoms with van der Waals surface area (Å²) in [6.45, 7) is 2.92. The van der Waals surface area contributed by atoms with Crippen LogP contribution in [0.15, 0.2) is 10.3 Å². The minimum absolute atomic E-state index is 0.229. The second-order valence-electron chi connectivity index (χ2n) is 3.19. The Labute approximate surface area is 86.0 Å². The van der Waals surface area contributed by atoms with Crippen LogP contribution < -0.4 is 5.73 Å². The zero-order valence-corrected chi connectivity index (χ0v) is 8.71. The van der Waals surface area contributed by atoms with Crippen molar-refractivity contribution in [1.82, 2.24) is 9.55 Å². The minimum atomic E-state index is 0.229. The highest BCUT2D eigenvalue weighted by Crippen LogP contribution is 2.27. The molecule has 0 unspecified atom stereocenters. The Morgan fingerprint density at radius 3 is 3.29 bits per heavy atom. The molecule has 0 saturated carbocycles. The number of rotatable bonds is 2. The number of hydrogen-bond donors (Lipinski definition) is 2. The first-order valence-electron chi connectivity index (χ1n) is 4.37. The molecule has 0 bridgehead atoms. The quantitative estimate of drug-likeness (QED) is 0.325. The summed E-state index contributed by atoms with van der Waals surface area (Å²) in [6, 6.07) is 0. The van der Waals surface area contributed by atoms with E-state index in [4.69, 9.17) is 10.9 Å². The fraction of sp³-hybridized carbons (Fsp3) is 0.500. The topological polar surface area (TPSA) is 76.4 Å². The Balaban J connectivity index is 2.33. The molecule has 76 valence electrons. The maximum atomic E-state index is 8.50. The van der Waals surface area contributed by atoms with Crippen molar-refractivity contribution >= 4 is 17.6 Å². The molecule has 6 heteroatoms. The molecule has 0 radical (unpaired) electrons. The average Bonchev–Trinajstić information content (AvgIpc) is 2.70. The summed E-state index contributed by atoms with van der Waals surface area (Å²) in [7, 11) is 0. The Bertz CT molecular complexity index is 385. The molecule has 3 N–H and O–H groups in total. The summed E-state index contributed by atoms with van der Waals surface area (Å²) >= 11 is 1.75. The molecule has 2 heterocycles. The predicted molar refractivity (Wildman–Crippen MR) is 54.8 cm³/mol. The largest absolute Gasteiger partial charge is 0.409 e. The van der Waals surface area contributed by atoms with Gasteiger partial charge in [-0.1, -0.05) is 16.9 Å². The van der Waals surface area contributed by atoms with Crippen LogP contribution in [-0.4, -0.2) is 26.3 Å². The first-order valence-corrected chi connectivity index (χ1v) is 5.36. The SMILES string of the molecule is Cc1nc2n(c1C/C(N)=N/O)CCS2. The van der Waals surface area contributed by atoms with Crippen molar-refractivity contribution in [2.24, 2.45) is 10.9 Å². The molecule has 0 atom stereocenters. The van der Waals surface area contributed by atoms with Crippen LogP contribution in [0.4, 0.5) is 0 Å². The maximum Gasteiger partial charge on any atom is 0.168 e. The Hall–Kier alpha value is -1.17. The van der Waals surface area contributed by atoms with Crippen LogP contribution in [0.25, 0.3) is 0 Å². The lowest BCUT2D eigenvalue weighted by Gasteiger charge is -2.03. The van der Waals surface area contributed by atoms with Gasteiger partial charge in [-0.3, -0.25) is 0 Å². The number of aryl methyl sites for hydroxylation is 1. The fourth-order valence-electron chi connectivity index (χ4n) is 1.58. The summed E-state index contributed by atoms with van der Waals surface area (Å²) in [5.74, 6) is 1.29. The van der Waals surface area contributed by atoms with Crippen molar-refractivity contribution in [2.75, 3.05) is 5.75 Å². The van der Waals surface area contributed by atoms with E-state index >= 15 is 0 Å². The van der Waals surface area contributed by atoms with Crippen molar-refractivity contribution in [3.8, 4) is 0 Å². The molecule has 1 aliphatic heterocycles. The van der Waals surface area contributed by atoms with E-state index in [9.17, 15) is 0 Å². The van der Waals surface area contributed by atoms with Gasteiger partial charge in [0, 0.05) is 18.0 Å². The summed E-state index contributed by atoms with van der Waals surface area (Å²) in [5.41, 5.74) is 7.51. The normalized spacial score (nSPS) is 15.9. The van der Waals surface area contributed by atoms with Gasteiger partial charge in [-0.2, -0.15) is 0 Å². The molecule has 1 aliphatic rings. The summed E-state index contributed by atoms with van der Waals surface area (Å²) in [5, 5.41) is 12.5. The lowest BCUT2D eigenvalue weighted by Crippen LogP contribution is -2.17. The highest BCUT2D eigenvalue weighted by Gasteiger charge is 2.19. The van der Waals surface area contributed by atoms with E-state index in [1.54, 1.807) is 11.8 Å². The van der Waals surface area contributed by atoms with Gasteiger partial charge in [0.15, 0.2) is 5.16 Å². The summed E-state index contributed by atoms with van der Waals surface area (Å²) < 4.78 is 2.14. The smallest absolute Gasteiger partial charge is 0.168 e. The molecular weight excluding hydrogens is 200 g/mol. The van der Waals surface area contributed by atoms with Crippen LogP contribution in [0.1, 0.15) is 11.4 Å². The lowest BCUT2D eigenvalue weighted by atomic mass is 10.2. The molecule has 2 rings (SSSR count). The van der Waals surface area contributed by atoms with Gasteiger partial charge in [-0.25, -0.2) is 4.98 Å². The van der Waals surface area contributed by atoms with Crippen LogP contribution in [0.5, 0.6) is 0 Å². The molecule has 1 aromatic heterocycles. The summed E-state index contributed by atoms with van der Waals surface area (Å²) in [6.07, 6.45) is 0.468. The maximum absolute atomic E-state index is 8.50. The zero-order chi connectivity index (χ0) is 10.1. The highest BCUT2D eigenvalue weighted by atomic mass is 32.2. The first kappa shape index (κ1) is 9.39. The van der Waals surface area contributed by atoms with E-state index < -0.39 is 0 Å². The Morgan fingerprint density at radius 2 is 2.57 bits per heavy atom. The van der Waals surface area contributed by atoms with Gasteiger partial charge in [0.25, 0.3) is 0 Å². The second-order valence-corrected chi connectivity index (χ2v) is 4.26. The second kappa shape index (κ2) is 3.53. The van der Waals surface area contributed by atoms with Gasteiger partial charge < -0.3 is 15.5 Å². The van der Waals surface area contributed by atoms with E-state index in [1.165, 1.54) is 0 Å². The van der Waals surface area contributed by atoms with Crippen LogP contribution in [0.3, 0.4) is 0 Å². The molecule has 0 aromatic carbocycles. The average molecular weight is 212 g/mol. The molecular formula is C8H12N4OS. The van der Waals surface area contributed by atoms with Crippen molar-refractivity contribution in [2.45, 2.75) is 25.0 Å². The summed E-state index contributed by atoms with van der Waals surface area (Å²) in [4.78, 5) is 4.41. The predicted octanol–water partition coefficient (Wildman–Crippen LogP) is 0.586. The van der Waals surface area contributed by atoms with Gasteiger partial charge in [0.05, 0.1) is 12.1 Å². The Morgan fingerprint density at radius 1 is 1.79 bits per heavy atom. The zero-order valence-electron chi connectivity index (χ0n) is 7.90. The third-order valence-electron chi connectivity index (χ3n) is 2.26. The number of nitrogens with two attached hydrogens (primary N) is 1. The third-order valence-corrected chi connectivity index (χ3v) is 3.22. The van der Waals surface area contributed by atoms with Crippen molar-refractivity contribution in [1.29, 1.82) is 0 Å². The van der Waals surface area contributed by atoms with E-state index in [0.29, 0.717) is 6.42 Å². The number of fused-ring (bicyclic) bond motifs is 1. The minimum Gasteiger partial charge on any atom is -0.409 e. The third kappa shape index (κ3) is 1.45. The van der Waals surface area contributed by atoms with Gasteiger partial charge in [-0.05, 0) is 6.92 Å². The van der Waals surface area contributed by atoms with Gasteiger partial charge in [-0.15, -0.1) is 0 Å². The lowest BCUT2D eigenvalue weighted by molar-refractivity contribution is 0.317. The molecule has 14 heavy (non-hydrogen) atoms. The number of thioether (sulfide) groups is 1. The van der Waals surface area contributed by atoms with Crippen molar-refractivity contribution < 1.29 is 5.21 Å². The van der Waals surface area contributed by atoms with Crippen molar-refractivity contribution in [3.05, 3.63) is 11.4 Å². The molecule has 1 aromatic rings. The van der Waals surface area contributed by atoms with Gasteiger partial charge in [0.1, 0.15) is 5.84 Å². The van der Waals surface area contributed by atoms with E-state index in [0.717, 1.165) is 28.8 Å². The molecule has 0 spiro atoms. The fourth-order valence-corrected chi connectivity index (χ4v) is 2.59. The first-order chi connectivity index (χ1) is 6.72. The number of aromatic nitrogens is 2. The van der Waals surface area contributed by atoms with Crippen LogP contribution in [0, 0.1) is 6.92 Å². The monoisotopic (exact) mass is 212 g/mol. The van der Waals surface area contributed by atoms with Crippen LogP contribution in [-0.2, 0) is 13.0 Å². The van der Waals surface area contributed by atoms with Gasteiger partial charge in [0.2, 0.25) is 0 Å². The van der Waals surface area contributed by atoms with Crippen molar-refractivity contribution in [3.63, 3.8) is 0 Å². The molecule has 0 fully saturated rings. The van der Waals surface area contributed by atoms with Crippen LogP contribution >= 0.6 is 11.8 Å². The molecule has 0 saturated heterocycles. The van der Waals surface area contributed by atoms with Crippen LogP contribution in [0.2, 0.25) is 0 Å². The number of hydrogen-bond acceptors (Lipinski definition) is 4. The molecule has 0 amide bonds. The number of amidine groups is 1. The number of nitrogens with zero attached hydrogens (tertiary/aromatic N) is 3. The van der Waals surface area contributed by atoms with E-state index in [1.807, 2.05) is 6.92 Å². The number of imidazole rings is 1. The highest BCUT2D eigenvalue weighted by molar-refractivity contribution is 7.99.